The van der Waals surface area contributed by atoms with Gasteiger partial charge in [-0.1, -0.05) is 18.2 Å². The Balaban J connectivity index is 1.58. The lowest BCUT2D eigenvalue weighted by atomic mass is 9.96. The van der Waals surface area contributed by atoms with Crippen LogP contribution in [0, 0.1) is 0 Å². The first-order valence-corrected chi connectivity index (χ1v) is 16.6. The van der Waals surface area contributed by atoms with Crippen LogP contribution in [0.1, 0.15) is 59.8 Å². The van der Waals surface area contributed by atoms with Crippen LogP contribution in [0.2, 0.25) is 0 Å². The molecule has 0 amide bonds. The highest BCUT2D eigenvalue weighted by atomic mass is 31.2. The molecular formula is C29H42N7O10P. The molecule has 0 bridgehead atoms. The van der Waals surface area contributed by atoms with Gasteiger partial charge in [0, 0.05) is 6.42 Å². The van der Waals surface area contributed by atoms with Crippen LogP contribution in [0.5, 0.6) is 5.75 Å². The van der Waals surface area contributed by atoms with E-state index in [0.29, 0.717) is 5.56 Å². The zero-order valence-electron chi connectivity index (χ0n) is 27.0. The van der Waals surface area contributed by atoms with E-state index in [1.54, 1.807) is 45.9 Å². The van der Waals surface area contributed by atoms with Gasteiger partial charge >= 0.3 is 19.7 Å². The number of aromatic nitrogens is 4. The number of anilines is 2. The number of imidazole rings is 1. The topological polar surface area (TPSA) is 245 Å². The van der Waals surface area contributed by atoms with Crippen molar-refractivity contribution in [3.63, 3.8) is 0 Å². The molecule has 1 fully saturated rings. The number of esters is 2. The summed E-state index contributed by atoms with van der Waals surface area (Å²) in [5.41, 5.74) is 10.6. The van der Waals surface area contributed by atoms with E-state index in [4.69, 9.17) is 34.7 Å². The number of aliphatic hydroxyl groups excluding tert-OH is 1. The first kappa shape index (κ1) is 36.0. The Morgan fingerprint density at radius 1 is 1.13 bits per heavy atom. The van der Waals surface area contributed by atoms with E-state index in [1.165, 1.54) is 30.8 Å². The number of ether oxygens (including phenoxy) is 3. The molecule has 3 aromatic rings. The quantitative estimate of drug-likeness (QED) is 0.121. The van der Waals surface area contributed by atoms with Crippen LogP contribution in [-0.4, -0.2) is 84.3 Å². The number of nitrogens with two attached hydrogens (primary N) is 2. The molecule has 2 aromatic heterocycles. The number of carbonyl (C=O) groups is 2. The van der Waals surface area contributed by atoms with Gasteiger partial charge in [-0.25, -0.2) is 9.55 Å². The lowest BCUT2D eigenvalue weighted by Crippen LogP contribution is -2.44. The number of nitrogens with zero attached hydrogens (tertiary/aromatic N) is 4. The zero-order chi connectivity index (χ0) is 34.7. The van der Waals surface area contributed by atoms with Gasteiger partial charge < -0.3 is 40.4 Å². The van der Waals surface area contributed by atoms with Crippen LogP contribution >= 0.6 is 7.75 Å². The number of carbonyl (C=O) groups excluding carboxylic acids is 2. The largest absolute Gasteiger partial charge is 0.463 e. The average Bonchev–Trinajstić information content (AvgIpc) is 3.48. The summed E-state index contributed by atoms with van der Waals surface area (Å²) < 4.78 is 43.8. The highest BCUT2D eigenvalue weighted by Crippen LogP contribution is 2.48. The molecule has 6 atom stereocenters. The van der Waals surface area contributed by atoms with E-state index >= 15 is 0 Å². The van der Waals surface area contributed by atoms with Crippen LogP contribution in [0.4, 0.5) is 11.8 Å². The van der Waals surface area contributed by atoms with Gasteiger partial charge in [0.25, 0.3) is 0 Å². The van der Waals surface area contributed by atoms with E-state index in [2.05, 4.69) is 20.0 Å². The highest BCUT2D eigenvalue weighted by Gasteiger charge is 2.54. The van der Waals surface area contributed by atoms with Crippen molar-refractivity contribution in [3.8, 4) is 5.75 Å². The van der Waals surface area contributed by atoms with Crippen molar-refractivity contribution in [2.45, 2.75) is 96.7 Å². The maximum absolute atomic E-state index is 14.3. The minimum absolute atomic E-state index is 0.00990. The molecule has 0 aliphatic carbocycles. The predicted octanol–water partition coefficient (Wildman–Crippen LogP) is 2.02. The summed E-state index contributed by atoms with van der Waals surface area (Å²) in [7, 11) is -4.46. The number of aryl methyl sites for hydroxylation is 1. The van der Waals surface area contributed by atoms with Crippen LogP contribution < -0.4 is 21.1 Å². The van der Waals surface area contributed by atoms with Crippen LogP contribution in [0.3, 0.4) is 0 Å². The maximum Gasteiger partial charge on any atom is 0.459 e. The fourth-order valence-electron chi connectivity index (χ4n) is 4.88. The molecule has 47 heavy (non-hydrogen) atoms. The molecule has 4 rings (SSSR count). The molecule has 18 heteroatoms. The lowest BCUT2D eigenvalue weighted by molar-refractivity contribution is -0.149. The summed E-state index contributed by atoms with van der Waals surface area (Å²) in [6.45, 7) is 8.99. The summed E-state index contributed by atoms with van der Waals surface area (Å²) in [4.78, 5) is 37.0. The van der Waals surface area contributed by atoms with Gasteiger partial charge in [-0.15, -0.1) is 0 Å². The Hall–Kier alpha value is -3.86. The van der Waals surface area contributed by atoms with E-state index < -0.39 is 62.5 Å². The van der Waals surface area contributed by atoms with Gasteiger partial charge in [-0.05, 0) is 59.6 Å². The van der Waals surface area contributed by atoms with Crippen molar-refractivity contribution in [1.29, 1.82) is 0 Å². The zero-order valence-corrected chi connectivity index (χ0v) is 27.9. The van der Waals surface area contributed by atoms with Gasteiger partial charge in [0.15, 0.2) is 17.7 Å². The Morgan fingerprint density at radius 3 is 2.49 bits per heavy atom. The lowest BCUT2D eigenvalue weighted by Gasteiger charge is -2.27. The summed E-state index contributed by atoms with van der Waals surface area (Å²) >= 11 is 0. The summed E-state index contributed by atoms with van der Waals surface area (Å²) in [6, 6.07) is 5.41. The third-order valence-electron chi connectivity index (χ3n) is 7.10. The minimum atomic E-state index is -4.46. The van der Waals surface area contributed by atoms with Gasteiger partial charge in [-0.3, -0.25) is 18.7 Å². The number of benzene rings is 1. The third-order valence-corrected chi connectivity index (χ3v) is 8.73. The van der Waals surface area contributed by atoms with E-state index in [9.17, 15) is 24.4 Å². The average molecular weight is 680 g/mol. The Kier molecular flexibility index (Phi) is 11.1. The first-order valence-electron chi connectivity index (χ1n) is 15.0. The molecule has 0 unspecified atom stereocenters. The van der Waals surface area contributed by atoms with Crippen molar-refractivity contribution in [1.82, 2.24) is 24.6 Å². The Labute approximate surface area is 271 Å². The van der Waals surface area contributed by atoms with Gasteiger partial charge in [-0.2, -0.15) is 15.1 Å². The number of rotatable bonds is 14. The van der Waals surface area contributed by atoms with Crippen LogP contribution in [0.25, 0.3) is 11.2 Å². The normalized spacial score (nSPS) is 23.1. The minimum Gasteiger partial charge on any atom is -0.463 e. The number of hydrogen-bond acceptors (Lipinski definition) is 15. The number of para-hydroxylation sites is 1. The summed E-state index contributed by atoms with van der Waals surface area (Å²) in [5, 5.41) is 25.0. The molecule has 0 saturated carbocycles. The molecule has 7 N–H and O–H groups in total. The second kappa shape index (κ2) is 14.5. The number of fused-ring (bicyclic) bond motifs is 1. The fourth-order valence-corrected chi connectivity index (χ4v) is 6.42. The molecule has 3 heterocycles. The number of nitrogens with one attached hydrogen (secondary N) is 1. The second-order valence-corrected chi connectivity index (χ2v) is 13.5. The maximum atomic E-state index is 14.3. The molecule has 0 radical (unpaired) electrons. The number of hydrogen-bond donors (Lipinski definition) is 5. The second-order valence-electron chi connectivity index (χ2n) is 11.9. The van der Waals surface area contributed by atoms with Crippen molar-refractivity contribution < 1.29 is 47.6 Å². The highest BCUT2D eigenvalue weighted by molar-refractivity contribution is 7.52. The molecule has 17 nitrogen and oxygen atoms in total. The van der Waals surface area contributed by atoms with Crippen molar-refractivity contribution >= 4 is 42.6 Å². The molecule has 1 saturated heterocycles. The smallest absolute Gasteiger partial charge is 0.459 e. The van der Waals surface area contributed by atoms with Gasteiger partial charge in [0.05, 0.1) is 25.1 Å². The Bertz CT molecular complexity index is 1630. The molecule has 0 spiro atoms. The van der Waals surface area contributed by atoms with Gasteiger partial charge in [0.1, 0.15) is 35.1 Å². The van der Waals surface area contributed by atoms with Crippen molar-refractivity contribution in [2.75, 3.05) is 18.1 Å². The number of nitrogen functional groups attached to an aromatic ring is 2. The SMILES string of the molecule is CC(C)OC(=O)CCc1ccccc1O[P@](=O)(N[C@@H](C)C(=O)OC(C)C)OC[C@H]1O[C@@H](n2cnc3c(N)nc(N)nc32)[C@](C)(O)[C@@H]1O. The monoisotopic (exact) mass is 679 g/mol. The molecule has 258 valence electrons. The van der Waals surface area contributed by atoms with Crippen LogP contribution in [-0.2, 0) is 39.3 Å². The van der Waals surface area contributed by atoms with Crippen molar-refractivity contribution in [3.05, 3.63) is 36.2 Å². The molecule has 1 aliphatic heterocycles. The van der Waals surface area contributed by atoms with Gasteiger partial charge in [0.2, 0.25) is 5.95 Å². The Morgan fingerprint density at radius 2 is 1.81 bits per heavy atom. The van der Waals surface area contributed by atoms with Crippen molar-refractivity contribution in [2.24, 2.45) is 0 Å². The van der Waals surface area contributed by atoms with Crippen LogP contribution in [0.15, 0.2) is 30.6 Å². The molecule has 1 aliphatic rings. The first-order chi connectivity index (χ1) is 22.0. The molecule has 1 aromatic carbocycles. The van der Waals surface area contributed by atoms with E-state index in [0.717, 1.165) is 0 Å². The standard InChI is InChI=1S/C29H42N7O10P/c1-15(2)43-21(37)12-11-18-9-7-8-10-19(18)46-47(41,35-17(5)26(39)44-16(3)4)42-13-20-23(38)29(6,40)27(45-20)36-14-32-22-24(30)33-28(31)34-25(22)36/h7-10,14-17,20,23,27,38,40H,11-13H2,1-6H3,(H,35,41)(H4,30,31,33,34)/t17-,20+,23+,27+,29+,47-/m0/s1. The third kappa shape index (κ3) is 8.54. The van der Waals surface area contributed by atoms with E-state index in [-0.39, 0.29) is 47.6 Å². The summed E-state index contributed by atoms with van der Waals surface area (Å²) in [5.74, 6) is -1.15. The fraction of sp³-hybridized carbons (Fsp3) is 0.552. The summed E-state index contributed by atoms with van der Waals surface area (Å²) in [6.07, 6.45) is -3.31. The van der Waals surface area contributed by atoms with E-state index in [1.807, 2.05) is 0 Å². The number of aliphatic hydroxyl groups is 2. The predicted molar refractivity (Wildman–Crippen MR) is 169 cm³/mol. The molecular weight excluding hydrogens is 637 g/mol.